The Morgan fingerprint density at radius 1 is 1.02 bits per heavy atom. The first-order valence-electron chi connectivity index (χ1n) is 13.9. The number of nitrogens with zero attached hydrogens (tertiary/aromatic N) is 4. The lowest BCUT2D eigenvalue weighted by molar-refractivity contribution is -0.123. The zero-order valence-electron chi connectivity index (χ0n) is 26.2. The Bertz CT molecular complexity index is 1410. The zero-order chi connectivity index (χ0) is 31.5. The van der Waals surface area contributed by atoms with Gasteiger partial charge in [-0.05, 0) is 63.5 Å². The second-order valence-corrected chi connectivity index (χ2v) is 17.6. The molecule has 3 aromatic rings. The fourth-order valence-electron chi connectivity index (χ4n) is 3.98. The molecule has 0 bridgehead atoms. The lowest BCUT2D eigenvalue weighted by atomic mass is 10.1. The van der Waals surface area contributed by atoms with Crippen LogP contribution in [0.15, 0.2) is 48.7 Å². The summed E-state index contributed by atoms with van der Waals surface area (Å²) in [6.45, 7) is 17.6. The maximum atomic E-state index is 13.8. The summed E-state index contributed by atoms with van der Waals surface area (Å²) >= 11 is 0. The molecule has 2 atom stereocenters. The highest BCUT2D eigenvalue weighted by atomic mass is 28.4. The van der Waals surface area contributed by atoms with Gasteiger partial charge in [-0.15, -0.1) is 0 Å². The molecule has 0 radical (unpaired) electrons. The van der Waals surface area contributed by atoms with Gasteiger partial charge in [0.25, 0.3) is 5.91 Å². The quantitative estimate of drug-likeness (QED) is 0.304. The first kappa shape index (κ1) is 32.7. The smallest absolute Gasteiger partial charge is 0.435 e. The minimum absolute atomic E-state index is 0.0652. The standard InChI is InChI=1S/C30H43N5O6Si/c1-20(41-42(9,10)30(5,6)7)25(34(8)27(37)39-19-21-14-12-11-13-15-21)26(36)33-24-17-16-23-22(32-24)18-31-35(23)28(38)40-29(2,3)4/h11-18,20,25H,19H2,1-10H3,(H,32,33,36)/t20-,25+/m0/s1. The van der Waals surface area contributed by atoms with E-state index in [1.165, 1.54) is 18.1 Å². The van der Waals surface area contributed by atoms with Gasteiger partial charge >= 0.3 is 12.2 Å². The van der Waals surface area contributed by atoms with E-state index in [1.807, 2.05) is 30.3 Å². The van der Waals surface area contributed by atoms with Crippen LogP contribution >= 0.6 is 0 Å². The first-order chi connectivity index (χ1) is 19.4. The molecule has 228 valence electrons. The van der Waals surface area contributed by atoms with Gasteiger partial charge < -0.3 is 19.2 Å². The summed E-state index contributed by atoms with van der Waals surface area (Å²) in [5.41, 5.74) is 0.949. The molecule has 0 unspecified atom stereocenters. The number of anilines is 1. The molecule has 0 aliphatic rings. The van der Waals surface area contributed by atoms with Gasteiger partial charge in [-0.2, -0.15) is 9.78 Å². The maximum absolute atomic E-state index is 13.8. The summed E-state index contributed by atoms with van der Waals surface area (Å²) < 4.78 is 18.6. The van der Waals surface area contributed by atoms with Crippen molar-refractivity contribution in [3.05, 3.63) is 54.2 Å². The third kappa shape index (κ3) is 8.16. The molecular weight excluding hydrogens is 554 g/mol. The zero-order valence-corrected chi connectivity index (χ0v) is 27.2. The summed E-state index contributed by atoms with van der Waals surface area (Å²) in [5.74, 6) is -0.265. The minimum atomic E-state index is -2.31. The number of ether oxygens (including phenoxy) is 2. The highest BCUT2D eigenvalue weighted by molar-refractivity contribution is 6.74. The highest BCUT2D eigenvalue weighted by Crippen LogP contribution is 2.38. The molecule has 2 amide bonds. The molecule has 1 aromatic carbocycles. The van der Waals surface area contributed by atoms with Crippen LogP contribution in [0.25, 0.3) is 11.0 Å². The van der Waals surface area contributed by atoms with Crippen LogP contribution in [0.3, 0.4) is 0 Å². The molecule has 0 aliphatic heterocycles. The second kappa shape index (κ2) is 12.6. The Morgan fingerprint density at radius 2 is 1.67 bits per heavy atom. The normalized spacial score (nSPS) is 13.8. The van der Waals surface area contributed by atoms with Crippen LogP contribution in [0, 0.1) is 0 Å². The number of amides is 2. The number of aromatic nitrogens is 3. The summed E-state index contributed by atoms with van der Waals surface area (Å²) in [6, 6.07) is 11.5. The molecule has 42 heavy (non-hydrogen) atoms. The molecule has 0 fully saturated rings. The van der Waals surface area contributed by atoms with Gasteiger partial charge in [0.15, 0.2) is 8.32 Å². The Kier molecular flexibility index (Phi) is 9.83. The van der Waals surface area contributed by atoms with Gasteiger partial charge in [0.1, 0.15) is 29.6 Å². The molecule has 11 nitrogen and oxygen atoms in total. The molecule has 3 rings (SSSR count). The third-order valence-electron chi connectivity index (χ3n) is 7.15. The average molecular weight is 598 g/mol. The molecule has 2 heterocycles. The van der Waals surface area contributed by atoms with Crippen molar-refractivity contribution in [3.63, 3.8) is 0 Å². The van der Waals surface area contributed by atoms with E-state index in [9.17, 15) is 14.4 Å². The number of rotatable bonds is 8. The van der Waals surface area contributed by atoms with E-state index in [2.05, 4.69) is 49.3 Å². The number of carbonyl (C=O) groups is 3. The van der Waals surface area contributed by atoms with Crippen LogP contribution in [0.5, 0.6) is 0 Å². The van der Waals surface area contributed by atoms with Crippen molar-refractivity contribution in [1.29, 1.82) is 0 Å². The van der Waals surface area contributed by atoms with E-state index in [0.717, 1.165) is 10.2 Å². The number of nitrogens with one attached hydrogen (secondary N) is 1. The van der Waals surface area contributed by atoms with Crippen molar-refractivity contribution in [2.24, 2.45) is 0 Å². The lowest BCUT2D eigenvalue weighted by Gasteiger charge is -2.41. The SMILES string of the molecule is C[C@H](O[Si](C)(C)C(C)(C)C)[C@H](C(=O)Nc1ccc2c(cnn2C(=O)OC(C)(C)C)n1)N(C)C(=O)OCc1ccccc1. The predicted molar refractivity (Wildman–Crippen MR) is 164 cm³/mol. The van der Waals surface area contributed by atoms with Crippen LogP contribution in [0.2, 0.25) is 18.1 Å². The van der Waals surface area contributed by atoms with E-state index >= 15 is 0 Å². The number of likely N-dealkylation sites (N-methyl/N-ethyl adjacent to an activating group) is 1. The van der Waals surface area contributed by atoms with Gasteiger partial charge in [0.2, 0.25) is 0 Å². The molecule has 0 aliphatic carbocycles. The second-order valence-electron chi connectivity index (χ2n) is 12.8. The number of hydrogen-bond acceptors (Lipinski definition) is 8. The van der Waals surface area contributed by atoms with Gasteiger partial charge in [0, 0.05) is 7.05 Å². The number of hydrogen-bond donors (Lipinski definition) is 1. The summed E-state index contributed by atoms with van der Waals surface area (Å²) in [5, 5.41) is 6.80. The fourth-order valence-corrected chi connectivity index (χ4v) is 5.39. The summed E-state index contributed by atoms with van der Waals surface area (Å²) in [7, 11) is -0.793. The fraction of sp³-hybridized carbons (Fsp3) is 0.500. The van der Waals surface area contributed by atoms with Crippen molar-refractivity contribution in [2.75, 3.05) is 12.4 Å². The predicted octanol–water partition coefficient (Wildman–Crippen LogP) is 6.20. The van der Waals surface area contributed by atoms with Crippen molar-refractivity contribution in [3.8, 4) is 0 Å². The first-order valence-corrected chi connectivity index (χ1v) is 16.8. The van der Waals surface area contributed by atoms with Crippen molar-refractivity contribution in [1.82, 2.24) is 19.7 Å². The molecule has 0 saturated carbocycles. The van der Waals surface area contributed by atoms with Crippen molar-refractivity contribution in [2.45, 2.75) is 91.0 Å². The lowest BCUT2D eigenvalue weighted by Crippen LogP contribution is -2.55. The number of benzene rings is 1. The van der Waals surface area contributed by atoms with Gasteiger partial charge in [-0.25, -0.2) is 14.6 Å². The number of pyridine rings is 1. The van der Waals surface area contributed by atoms with Crippen molar-refractivity contribution >= 4 is 43.3 Å². The Morgan fingerprint density at radius 3 is 2.26 bits per heavy atom. The van der Waals surface area contributed by atoms with Gasteiger partial charge in [-0.1, -0.05) is 51.1 Å². The summed E-state index contributed by atoms with van der Waals surface area (Å²) in [6.07, 6.45) is -0.531. The third-order valence-corrected chi connectivity index (χ3v) is 11.7. The molecule has 2 aromatic heterocycles. The molecule has 0 saturated heterocycles. The van der Waals surface area contributed by atoms with E-state index in [4.69, 9.17) is 13.9 Å². The monoisotopic (exact) mass is 597 g/mol. The molecule has 0 spiro atoms. The Hall–Kier alpha value is -3.77. The van der Waals surface area contributed by atoms with Crippen LogP contribution in [-0.4, -0.2) is 70.9 Å². The van der Waals surface area contributed by atoms with Crippen LogP contribution < -0.4 is 5.32 Å². The number of fused-ring (bicyclic) bond motifs is 1. The van der Waals surface area contributed by atoms with Crippen molar-refractivity contribution < 1.29 is 28.3 Å². The molecule has 12 heteroatoms. The summed E-state index contributed by atoms with van der Waals surface area (Å²) in [4.78, 5) is 45.2. The number of carbonyl (C=O) groups excluding carboxylic acids is 3. The van der Waals surface area contributed by atoms with E-state index < -0.39 is 44.2 Å². The molecular formula is C30H43N5O6Si. The average Bonchev–Trinajstić information content (AvgIpc) is 3.29. The van der Waals surface area contributed by atoms with E-state index in [1.54, 1.807) is 39.8 Å². The van der Waals surface area contributed by atoms with Gasteiger partial charge in [-0.3, -0.25) is 9.69 Å². The van der Waals surface area contributed by atoms with Crippen LogP contribution in [0.1, 0.15) is 54.0 Å². The maximum Gasteiger partial charge on any atom is 0.435 e. The topological polar surface area (TPSA) is 125 Å². The largest absolute Gasteiger partial charge is 0.445 e. The van der Waals surface area contributed by atoms with Crippen LogP contribution in [-0.2, 0) is 25.3 Å². The Balaban J connectivity index is 1.85. The molecule has 1 N–H and O–H groups in total. The van der Waals surface area contributed by atoms with E-state index in [0.29, 0.717) is 11.0 Å². The van der Waals surface area contributed by atoms with Crippen LogP contribution in [0.4, 0.5) is 15.4 Å². The Labute approximate surface area is 248 Å². The minimum Gasteiger partial charge on any atom is -0.445 e. The highest BCUT2D eigenvalue weighted by Gasteiger charge is 2.43. The van der Waals surface area contributed by atoms with E-state index in [-0.39, 0.29) is 17.5 Å². The van der Waals surface area contributed by atoms with Gasteiger partial charge in [0.05, 0.1) is 17.8 Å².